The molecule has 32 heavy (non-hydrogen) atoms. The van der Waals surface area contributed by atoms with E-state index >= 15 is 0 Å². The number of ether oxygens (including phenoxy) is 1. The van der Waals surface area contributed by atoms with Gasteiger partial charge in [0.15, 0.2) is 0 Å². The van der Waals surface area contributed by atoms with Gasteiger partial charge in [0.25, 0.3) is 5.91 Å². The molecule has 7 nitrogen and oxygen atoms in total. The van der Waals surface area contributed by atoms with Crippen molar-refractivity contribution < 1.29 is 32.2 Å². The molecule has 1 unspecified atom stereocenters. The van der Waals surface area contributed by atoms with E-state index in [9.17, 15) is 23.1 Å². The highest BCUT2D eigenvalue weighted by Crippen LogP contribution is 2.58. The van der Waals surface area contributed by atoms with Gasteiger partial charge in [-0.1, -0.05) is 6.92 Å². The van der Waals surface area contributed by atoms with Gasteiger partial charge in [-0.15, -0.1) is 10.2 Å². The molecule has 1 aromatic carbocycles. The zero-order chi connectivity index (χ0) is 23.3. The van der Waals surface area contributed by atoms with Crippen LogP contribution in [0.1, 0.15) is 39.0 Å². The highest BCUT2D eigenvalue weighted by atomic mass is 19.4. The van der Waals surface area contributed by atoms with Crippen LogP contribution in [0, 0.1) is 11.8 Å². The average Bonchev–Trinajstić information content (AvgIpc) is 3.40. The van der Waals surface area contributed by atoms with Crippen LogP contribution < -0.4 is 4.74 Å². The Morgan fingerprint density at radius 3 is 2.44 bits per heavy atom. The quantitative estimate of drug-likeness (QED) is 0.745. The van der Waals surface area contributed by atoms with E-state index in [1.807, 2.05) is 19.1 Å². The SMILES string of the molecule is COc1ccc(-c2nnc(C3([C@@H]4CCN(C(=O)C(C)(O)C(F)(F)F)C[C@@H]4C)CC3)o2)cc1. The second-order valence-corrected chi connectivity index (χ2v) is 8.99. The predicted octanol–water partition coefficient (Wildman–Crippen LogP) is 3.57. The molecule has 1 amide bonds. The molecule has 10 heteroatoms. The van der Waals surface area contributed by atoms with Crippen molar-refractivity contribution >= 4 is 5.91 Å². The van der Waals surface area contributed by atoms with E-state index in [0.717, 1.165) is 23.3 Å². The van der Waals surface area contributed by atoms with Crippen molar-refractivity contribution in [3.05, 3.63) is 30.2 Å². The first-order chi connectivity index (χ1) is 15.0. The fourth-order valence-corrected chi connectivity index (χ4v) is 4.73. The fraction of sp³-hybridized carbons (Fsp3) is 0.591. The first-order valence-electron chi connectivity index (χ1n) is 10.6. The van der Waals surface area contributed by atoms with Crippen molar-refractivity contribution in [1.82, 2.24) is 15.1 Å². The summed E-state index contributed by atoms with van der Waals surface area (Å²) < 4.78 is 50.4. The largest absolute Gasteiger partial charge is 0.497 e. The monoisotopic (exact) mass is 453 g/mol. The molecular weight excluding hydrogens is 427 g/mol. The summed E-state index contributed by atoms with van der Waals surface area (Å²) in [6, 6.07) is 7.26. The standard InChI is InChI=1S/C22H26F3N3O4/c1-13-12-28(19(29)20(2,30)22(23,24)25)11-8-16(13)21(9-10-21)18-27-26-17(32-18)14-4-6-15(31-3)7-5-14/h4-7,13,16,30H,8-12H2,1-3H3/t13-,16+,20?/m0/s1. The van der Waals surface area contributed by atoms with Gasteiger partial charge in [0, 0.05) is 18.7 Å². The van der Waals surface area contributed by atoms with Crippen LogP contribution in [-0.2, 0) is 10.2 Å². The minimum Gasteiger partial charge on any atom is -0.497 e. The number of amides is 1. The summed E-state index contributed by atoms with van der Waals surface area (Å²) >= 11 is 0. The summed E-state index contributed by atoms with van der Waals surface area (Å²) in [5, 5.41) is 18.2. The smallest absolute Gasteiger partial charge is 0.426 e. The second kappa shape index (κ2) is 7.75. The zero-order valence-corrected chi connectivity index (χ0v) is 18.1. The van der Waals surface area contributed by atoms with Crippen molar-refractivity contribution in [1.29, 1.82) is 0 Å². The molecule has 1 aromatic heterocycles. The van der Waals surface area contributed by atoms with Crippen LogP contribution in [0.3, 0.4) is 0 Å². The third-order valence-electron chi connectivity index (χ3n) is 6.85. The van der Waals surface area contributed by atoms with Crippen LogP contribution in [0.2, 0.25) is 0 Å². The maximum Gasteiger partial charge on any atom is 0.426 e. The molecule has 1 saturated heterocycles. The minimum atomic E-state index is -5.02. The summed E-state index contributed by atoms with van der Waals surface area (Å²) in [6.07, 6.45) is -2.83. The number of aliphatic hydroxyl groups is 1. The summed E-state index contributed by atoms with van der Waals surface area (Å²) in [4.78, 5) is 13.5. The molecule has 4 rings (SSSR count). The van der Waals surface area contributed by atoms with Crippen molar-refractivity contribution in [2.45, 2.75) is 50.3 Å². The number of alkyl halides is 3. The van der Waals surface area contributed by atoms with Crippen LogP contribution >= 0.6 is 0 Å². The Hall–Kier alpha value is -2.62. The van der Waals surface area contributed by atoms with E-state index in [0.29, 0.717) is 30.9 Å². The molecule has 2 fully saturated rings. The van der Waals surface area contributed by atoms with Crippen LogP contribution in [0.5, 0.6) is 5.75 Å². The number of carbonyl (C=O) groups is 1. The van der Waals surface area contributed by atoms with E-state index in [1.54, 1.807) is 19.2 Å². The molecule has 2 heterocycles. The number of carbonyl (C=O) groups excluding carboxylic acids is 1. The Morgan fingerprint density at radius 2 is 1.91 bits per heavy atom. The lowest BCUT2D eigenvalue weighted by Crippen LogP contribution is -2.58. The maximum absolute atomic E-state index is 13.1. The lowest BCUT2D eigenvalue weighted by molar-refractivity contribution is -0.251. The average molecular weight is 453 g/mol. The molecule has 1 aliphatic heterocycles. The van der Waals surface area contributed by atoms with Crippen molar-refractivity contribution in [3.8, 4) is 17.2 Å². The van der Waals surface area contributed by atoms with Crippen LogP contribution in [0.4, 0.5) is 13.2 Å². The normalized spacial score (nSPS) is 24.7. The van der Waals surface area contributed by atoms with E-state index in [1.165, 1.54) is 0 Å². The number of hydrogen-bond acceptors (Lipinski definition) is 6. The van der Waals surface area contributed by atoms with Gasteiger partial charge in [0.1, 0.15) is 5.75 Å². The van der Waals surface area contributed by atoms with E-state index in [4.69, 9.17) is 9.15 Å². The summed E-state index contributed by atoms with van der Waals surface area (Å²) in [5.74, 6) is 0.339. The number of halogens is 3. The summed E-state index contributed by atoms with van der Waals surface area (Å²) in [7, 11) is 1.58. The maximum atomic E-state index is 13.1. The van der Waals surface area contributed by atoms with Crippen molar-refractivity contribution in [2.75, 3.05) is 20.2 Å². The van der Waals surface area contributed by atoms with Gasteiger partial charge in [0.2, 0.25) is 17.4 Å². The van der Waals surface area contributed by atoms with Gasteiger partial charge in [-0.25, -0.2) is 0 Å². The molecule has 174 valence electrons. The summed E-state index contributed by atoms with van der Waals surface area (Å²) in [6.45, 7) is 2.69. The van der Waals surface area contributed by atoms with Gasteiger partial charge in [-0.3, -0.25) is 4.79 Å². The predicted molar refractivity (Wildman–Crippen MR) is 108 cm³/mol. The highest BCUT2D eigenvalue weighted by molar-refractivity contribution is 5.85. The first-order valence-corrected chi connectivity index (χ1v) is 10.6. The molecule has 0 radical (unpaired) electrons. The molecular formula is C22H26F3N3O4. The number of methoxy groups -OCH3 is 1. The number of benzene rings is 1. The van der Waals surface area contributed by atoms with E-state index in [2.05, 4.69) is 10.2 Å². The molecule has 0 spiro atoms. The number of aromatic nitrogens is 2. The molecule has 1 N–H and O–H groups in total. The van der Waals surface area contributed by atoms with Crippen LogP contribution in [0.15, 0.2) is 28.7 Å². The summed E-state index contributed by atoms with van der Waals surface area (Å²) in [5.41, 5.74) is -2.95. The third kappa shape index (κ3) is 3.74. The number of rotatable bonds is 5. The second-order valence-electron chi connectivity index (χ2n) is 8.99. The number of nitrogens with zero attached hydrogens (tertiary/aromatic N) is 3. The molecule has 2 aliphatic rings. The highest BCUT2D eigenvalue weighted by Gasteiger charge is 2.60. The Labute approximate surface area is 183 Å². The molecule has 0 bridgehead atoms. The Kier molecular flexibility index (Phi) is 5.47. The first kappa shape index (κ1) is 22.6. The Bertz CT molecular complexity index is 983. The number of piperidine rings is 1. The lowest BCUT2D eigenvalue weighted by Gasteiger charge is -2.42. The van der Waals surface area contributed by atoms with E-state index in [-0.39, 0.29) is 30.3 Å². The molecule has 1 aliphatic carbocycles. The van der Waals surface area contributed by atoms with Gasteiger partial charge in [-0.2, -0.15) is 13.2 Å². The Morgan fingerprint density at radius 1 is 1.25 bits per heavy atom. The van der Waals surface area contributed by atoms with Gasteiger partial charge >= 0.3 is 6.18 Å². The fourth-order valence-electron chi connectivity index (χ4n) is 4.73. The minimum absolute atomic E-state index is 0.0874. The topological polar surface area (TPSA) is 88.7 Å². The molecule has 3 atom stereocenters. The van der Waals surface area contributed by atoms with Gasteiger partial charge < -0.3 is 19.2 Å². The zero-order valence-electron chi connectivity index (χ0n) is 18.1. The van der Waals surface area contributed by atoms with Crippen molar-refractivity contribution in [2.24, 2.45) is 11.8 Å². The molecule has 2 aromatic rings. The third-order valence-corrected chi connectivity index (χ3v) is 6.85. The van der Waals surface area contributed by atoms with Crippen LogP contribution in [-0.4, -0.2) is 58.1 Å². The number of hydrogen-bond donors (Lipinski definition) is 1. The molecule has 1 saturated carbocycles. The van der Waals surface area contributed by atoms with Crippen LogP contribution in [0.25, 0.3) is 11.5 Å². The van der Waals surface area contributed by atoms with Crippen molar-refractivity contribution in [3.63, 3.8) is 0 Å². The Balaban J connectivity index is 1.48. The van der Waals surface area contributed by atoms with Gasteiger partial charge in [-0.05, 0) is 62.3 Å². The number of likely N-dealkylation sites (tertiary alicyclic amines) is 1. The van der Waals surface area contributed by atoms with Gasteiger partial charge in [0.05, 0.1) is 12.5 Å². The van der Waals surface area contributed by atoms with E-state index < -0.39 is 17.7 Å². The lowest BCUT2D eigenvalue weighted by atomic mass is 9.74.